The third-order valence-electron chi connectivity index (χ3n) is 4.28. The minimum Gasteiger partial charge on any atom is -0.449 e. The number of aromatic nitrogens is 1. The van der Waals surface area contributed by atoms with Crippen molar-refractivity contribution in [2.75, 3.05) is 11.1 Å². The van der Waals surface area contributed by atoms with E-state index in [1.54, 1.807) is 24.3 Å². The van der Waals surface area contributed by atoms with Crippen molar-refractivity contribution >= 4 is 46.3 Å². The van der Waals surface area contributed by atoms with Crippen molar-refractivity contribution in [3.05, 3.63) is 90.4 Å². The van der Waals surface area contributed by atoms with Crippen molar-refractivity contribution in [3.8, 4) is 0 Å². The van der Waals surface area contributed by atoms with E-state index in [-0.39, 0.29) is 17.6 Å². The first-order chi connectivity index (χ1) is 15.2. The van der Waals surface area contributed by atoms with Crippen LogP contribution in [0.2, 0.25) is 0 Å². The van der Waals surface area contributed by atoms with Gasteiger partial charge >= 0.3 is 0 Å². The molecule has 0 atom stereocenters. The molecule has 4 rings (SSSR count). The normalized spacial score (nSPS) is 11.0. The van der Waals surface area contributed by atoms with Crippen LogP contribution in [0.5, 0.6) is 0 Å². The molecular weight excluding hydrogens is 412 g/mol. The minimum atomic E-state index is -0.342. The number of benzene rings is 2. The predicted molar refractivity (Wildman–Crippen MR) is 121 cm³/mol. The predicted octanol–water partition coefficient (Wildman–Crippen LogP) is 4.32. The molecular formula is C23H18N4O3S. The summed E-state index contributed by atoms with van der Waals surface area (Å²) in [6, 6.07) is 20.4. The van der Waals surface area contributed by atoms with Gasteiger partial charge in [0.1, 0.15) is 5.76 Å². The van der Waals surface area contributed by atoms with Gasteiger partial charge < -0.3 is 9.73 Å². The second kappa shape index (κ2) is 9.73. The van der Waals surface area contributed by atoms with Crippen LogP contribution in [0.25, 0.3) is 10.8 Å². The molecule has 154 valence electrons. The monoisotopic (exact) mass is 430 g/mol. The maximum atomic E-state index is 12.3. The van der Waals surface area contributed by atoms with Gasteiger partial charge in [-0.25, -0.2) is 5.43 Å². The molecule has 8 heteroatoms. The summed E-state index contributed by atoms with van der Waals surface area (Å²) >= 11 is 1.27. The Bertz CT molecular complexity index is 1240. The minimum absolute atomic E-state index is 0.128. The molecule has 0 aliphatic rings. The SMILES string of the molecule is O=C(CSc1ccc(C=NNC(=O)c2ccncc2)o1)Nc1ccc2ccccc2c1. The number of hydrogen-bond donors (Lipinski definition) is 2. The first-order valence-corrected chi connectivity index (χ1v) is 10.4. The summed E-state index contributed by atoms with van der Waals surface area (Å²) in [6.45, 7) is 0. The number of hydrogen-bond acceptors (Lipinski definition) is 6. The second-order valence-electron chi connectivity index (χ2n) is 6.49. The molecule has 0 bridgehead atoms. The molecule has 2 amide bonds. The van der Waals surface area contributed by atoms with Crippen LogP contribution in [-0.2, 0) is 4.79 Å². The number of pyridine rings is 1. The highest BCUT2D eigenvalue weighted by atomic mass is 32.2. The highest BCUT2D eigenvalue weighted by molar-refractivity contribution is 7.99. The van der Waals surface area contributed by atoms with Gasteiger partial charge in [-0.1, -0.05) is 42.1 Å². The molecule has 0 aliphatic heterocycles. The van der Waals surface area contributed by atoms with Crippen LogP contribution in [0.1, 0.15) is 16.1 Å². The number of nitrogens with one attached hydrogen (secondary N) is 2. The van der Waals surface area contributed by atoms with Gasteiger partial charge in [-0.15, -0.1) is 0 Å². The summed E-state index contributed by atoms with van der Waals surface area (Å²) in [6.07, 6.45) is 4.47. The highest BCUT2D eigenvalue weighted by Crippen LogP contribution is 2.22. The number of furan rings is 1. The van der Waals surface area contributed by atoms with E-state index in [0.717, 1.165) is 16.5 Å². The Hall–Kier alpha value is -3.91. The van der Waals surface area contributed by atoms with E-state index >= 15 is 0 Å². The molecule has 0 aliphatic carbocycles. The lowest BCUT2D eigenvalue weighted by atomic mass is 10.1. The van der Waals surface area contributed by atoms with E-state index < -0.39 is 0 Å². The van der Waals surface area contributed by atoms with Gasteiger partial charge in [0, 0.05) is 23.6 Å². The summed E-state index contributed by atoms with van der Waals surface area (Å²) in [5, 5.41) is 9.54. The largest absolute Gasteiger partial charge is 0.449 e. The van der Waals surface area contributed by atoms with E-state index in [4.69, 9.17) is 4.42 Å². The van der Waals surface area contributed by atoms with Crippen molar-refractivity contribution < 1.29 is 14.0 Å². The zero-order chi connectivity index (χ0) is 21.5. The quantitative estimate of drug-likeness (QED) is 0.259. The van der Waals surface area contributed by atoms with Crippen molar-refractivity contribution in [1.29, 1.82) is 0 Å². The third-order valence-corrected chi connectivity index (χ3v) is 5.19. The maximum Gasteiger partial charge on any atom is 0.271 e. The Labute approximate surface area is 182 Å². The number of hydrazone groups is 1. The van der Waals surface area contributed by atoms with E-state index in [1.165, 1.54) is 30.4 Å². The molecule has 0 saturated carbocycles. The topological polar surface area (TPSA) is 96.6 Å². The second-order valence-corrected chi connectivity index (χ2v) is 7.47. The Morgan fingerprint density at radius 3 is 2.65 bits per heavy atom. The van der Waals surface area contributed by atoms with Crippen molar-refractivity contribution in [2.45, 2.75) is 5.09 Å². The van der Waals surface area contributed by atoms with E-state index in [9.17, 15) is 9.59 Å². The fourth-order valence-electron chi connectivity index (χ4n) is 2.80. The number of fused-ring (bicyclic) bond motifs is 1. The zero-order valence-corrected chi connectivity index (χ0v) is 17.1. The average Bonchev–Trinajstić information content (AvgIpc) is 3.26. The summed E-state index contributed by atoms with van der Waals surface area (Å²) in [5.41, 5.74) is 3.63. The van der Waals surface area contributed by atoms with Gasteiger partial charge in [0.2, 0.25) is 5.91 Å². The van der Waals surface area contributed by atoms with Gasteiger partial charge in [0.15, 0.2) is 5.09 Å². The molecule has 0 spiro atoms. The van der Waals surface area contributed by atoms with Crippen molar-refractivity contribution in [2.24, 2.45) is 5.10 Å². The lowest BCUT2D eigenvalue weighted by Gasteiger charge is -2.06. The number of carbonyl (C=O) groups is 2. The first-order valence-electron chi connectivity index (χ1n) is 9.42. The van der Waals surface area contributed by atoms with E-state index in [2.05, 4.69) is 20.8 Å². The van der Waals surface area contributed by atoms with Crippen LogP contribution >= 0.6 is 11.8 Å². The zero-order valence-electron chi connectivity index (χ0n) is 16.3. The molecule has 2 aromatic carbocycles. The molecule has 0 fully saturated rings. The number of amides is 2. The number of carbonyl (C=O) groups excluding carboxylic acids is 2. The molecule has 2 aromatic heterocycles. The van der Waals surface area contributed by atoms with Crippen molar-refractivity contribution in [1.82, 2.24) is 10.4 Å². The fraction of sp³-hybridized carbons (Fsp3) is 0.0435. The lowest BCUT2D eigenvalue weighted by molar-refractivity contribution is -0.113. The van der Waals surface area contributed by atoms with Crippen LogP contribution in [0.4, 0.5) is 5.69 Å². The average molecular weight is 430 g/mol. The molecule has 0 unspecified atom stereocenters. The number of anilines is 1. The summed E-state index contributed by atoms with van der Waals surface area (Å²) in [7, 11) is 0. The van der Waals surface area contributed by atoms with Crippen LogP contribution in [0.15, 0.2) is 93.7 Å². The van der Waals surface area contributed by atoms with Crippen molar-refractivity contribution in [3.63, 3.8) is 0 Å². The van der Waals surface area contributed by atoms with Gasteiger partial charge in [0.25, 0.3) is 5.91 Å². The summed E-state index contributed by atoms with van der Waals surface area (Å²) in [5.74, 6) is 0.199. The summed E-state index contributed by atoms with van der Waals surface area (Å²) in [4.78, 5) is 28.0. The van der Waals surface area contributed by atoms with Crippen LogP contribution in [-0.4, -0.2) is 28.8 Å². The van der Waals surface area contributed by atoms with E-state index in [0.29, 0.717) is 16.4 Å². The summed E-state index contributed by atoms with van der Waals surface area (Å²) < 4.78 is 5.60. The molecule has 2 heterocycles. The number of thioether (sulfide) groups is 1. The Kier molecular flexibility index (Phi) is 6.39. The Balaban J connectivity index is 1.26. The van der Waals surface area contributed by atoms with Gasteiger partial charge in [-0.05, 0) is 47.2 Å². The third kappa shape index (κ3) is 5.58. The van der Waals surface area contributed by atoms with E-state index in [1.807, 2.05) is 42.5 Å². The molecule has 31 heavy (non-hydrogen) atoms. The molecule has 7 nitrogen and oxygen atoms in total. The molecule has 0 radical (unpaired) electrons. The highest BCUT2D eigenvalue weighted by Gasteiger charge is 2.08. The number of rotatable bonds is 7. The molecule has 4 aromatic rings. The van der Waals surface area contributed by atoms with Crippen LogP contribution in [0.3, 0.4) is 0 Å². The fourth-order valence-corrected chi connectivity index (χ4v) is 3.47. The Morgan fingerprint density at radius 1 is 1.00 bits per heavy atom. The smallest absolute Gasteiger partial charge is 0.271 e. The molecule has 2 N–H and O–H groups in total. The van der Waals surface area contributed by atoms with Crippen LogP contribution in [0, 0.1) is 0 Å². The van der Waals surface area contributed by atoms with Gasteiger partial charge in [-0.2, -0.15) is 5.10 Å². The van der Waals surface area contributed by atoms with Gasteiger partial charge in [-0.3, -0.25) is 14.6 Å². The van der Waals surface area contributed by atoms with Gasteiger partial charge in [0.05, 0.1) is 12.0 Å². The standard InChI is InChI=1S/C23H18N4O3S/c28-21(26-19-6-5-16-3-1-2-4-18(16)13-19)15-31-22-8-7-20(30-22)14-25-27-23(29)17-9-11-24-12-10-17/h1-14H,15H2,(H,26,28)(H,27,29). The molecule has 0 saturated heterocycles. The Morgan fingerprint density at radius 2 is 1.81 bits per heavy atom. The van der Waals surface area contributed by atoms with Crippen LogP contribution < -0.4 is 10.7 Å². The number of nitrogens with zero attached hydrogens (tertiary/aromatic N) is 2. The lowest BCUT2D eigenvalue weighted by Crippen LogP contribution is -2.17. The first kappa shape index (κ1) is 20.4. The maximum absolute atomic E-state index is 12.3.